The third kappa shape index (κ3) is 4.69. The number of piperidine rings is 1. The summed E-state index contributed by atoms with van der Waals surface area (Å²) in [6.07, 6.45) is 4.05. The predicted octanol–water partition coefficient (Wildman–Crippen LogP) is 3.05. The van der Waals surface area contributed by atoms with Crippen molar-refractivity contribution in [3.63, 3.8) is 0 Å². The maximum atomic E-state index is 13.0. The van der Waals surface area contributed by atoms with Gasteiger partial charge in [0.05, 0.1) is 12.1 Å². The second kappa shape index (κ2) is 9.21. The number of fused-ring (bicyclic) bond motifs is 1. The number of pyridine rings is 1. The zero-order valence-corrected chi connectivity index (χ0v) is 18.9. The molecule has 2 saturated heterocycles. The van der Waals surface area contributed by atoms with Gasteiger partial charge in [0.2, 0.25) is 11.8 Å². The minimum atomic E-state index is -0.0230. The van der Waals surface area contributed by atoms with Crippen molar-refractivity contribution in [3.8, 4) is 5.88 Å². The van der Waals surface area contributed by atoms with E-state index in [0.29, 0.717) is 43.6 Å². The van der Waals surface area contributed by atoms with Gasteiger partial charge in [-0.15, -0.1) is 0 Å². The number of hydrogen-bond acceptors (Lipinski definition) is 5. The second-order valence-electron chi connectivity index (χ2n) is 9.20. The van der Waals surface area contributed by atoms with Crippen molar-refractivity contribution in [2.45, 2.75) is 26.2 Å². The number of para-hydroxylation sites is 1. The molecule has 1 atom stereocenters. The van der Waals surface area contributed by atoms with Gasteiger partial charge in [0.15, 0.2) is 5.69 Å². The van der Waals surface area contributed by atoms with E-state index in [2.05, 4.69) is 15.2 Å². The fraction of sp³-hybridized carbons (Fsp3) is 0.440. The highest BCUT2D eigenvalue weighted by Crippen LogP contribution is 2.26. The number of nitrogens with zero attached hydrogens (tertiary/aromatic N) is 4. The highest BCUT2D eigenvalue weighted by atomic mass is 16.5. The van der Waals surface area contributed by atoms with Crippen molar-refractivity contribution in [2.24, 2.45) is 11.8 Å². The maximum Gasteiger partial charge on any atom is 0.274 e. The summed E-state index contributed by atoms with van der Waals surface area (Å²) >= 11 is 0. The van der Waals surface area contributed by atoms with Crippen LogP contribution >= 0.6 is 0 Å². The minimum absolute atomic E-state index is 0.0230. The molecule has 1 unspecified atom stereocenters. The molecule has 2 aliphatic heterocycles. The summed E-state index contributed by atoms with van der Waals surface area (Å²) in [5, 5.41) is 8.05. The lowest BCUT2D eigenvalue weighted by Gasteiger charge is -2.33. The first kappa shape index (κ1) is 21.4. The number of carbonyl (C=O) groups is 2. The summed E-state index contributed by atoms with van der Waals surface area (Å²) in [5.41, 5.74) is 2.47. The molecular weight excluding hydrogens is 418 g/mol. The number of carbonyl (C=O) groups excluding carboxylic acids is 2. The Bertz CT molecular complexity index is 1150. The molecule has 1 N–H and O–H groups in total. The van der Waals surface area contributed by atoms with Gasteiger partial charge in [0.25, 0.3) is 5.91 Å². The molecule has 5 rings (SSSR count). The lowest BCUT2D eigenvalue weighted by molar-refractivity contribution is -0.128. The average molecular weight is 448 g/mol. The van der Waals surface area contributed by atoms with Crippen molar-refractivity contribution in [3.05, 3.63) is 53.9 Å². The number of rotatable bonds is 6. The summed E-state index contributed by atoms with van der Waals surface area (Å²) in [4.78, 5) is 33.6. The number of aryl methyl sites for hydroxylation is 1. The normalized spacial score (nSPS) is 19.4. The topological polar surface area (TPSA) is 91.4 Å². The van der Waals surface area contributed by atoms with Crippen molar-refractivity contribution in [2.75, 3.05) is 32.8 Å². The number of benzene rings is 1. The quantitative estimate of drug-likeness (QED) is 0.627. The molecule has 172 valence electrons. The minimum Gasteiger partial charge on any atom is -0.477 e. The molecule has 0 radical (unpaired) electrons. The fourth-order valence-corrected chi connectivity index (χ4v) is 4.84. The molecule has 2 aliphatic rings. The van der Waals surface area contributed by atoms with Gasteiger partial charge in [0.1, 0.15) is 0 Å². The first-order valence-electron chi connectivity index (χ1n) is 11.6. The van der Waals surface area contributed by atoms with Crippen LogP contribution in [0.25, 0.3) is 10.9 Å². The van der Waals surface area contributed by atoms with Crippen LogP contribution in [0.4, 0.5) is 0 Å². The average Bonchev–Trinajstić information content (AvgIpc) is 3.41. The van der Waals surface area contributed by atoms with E-state index in [9.17, 15) is 9.59 Å². The van der Waals surface area contributed by atoms with Crippen LogP contribution < -0.4 is 4.74 Å². The SMILES string of the molecule is Cc1ccnc(OCC2CC(=O)N(CC3CCN(C(=O)c4n[nH]c5ccccc45)CC3)C2)c1. The van der Waals surface area contributed by atoms with Crippen LogP contribution in [0, 0.1) is 18.8 Å². The molecule has 2 amide bonds. The van der Waals surface area contributed by atoms with Crippen LogP contribution in [0.15, 0.2) is 42.6 Å². The van der Waals surface area contributed by atoms with Crippen LogP contribution in [-0.4, -0.2) is 69.6 Å². The van der Waals surface area contributed by atoms with Crippen LogP contribution in [0.1, 0.15) is 35.3 Å². The van der Waals surface area contributed by atoms with E-state index in [1.165, 1.54) is 0 Å². The van der Waals surface area contributed by atoms with Crippen molar-refractivity contribution < 1.29 is 14.3 Å². The highest BCUT2D eigenvalue weighted by molar-refractivity contribution is 6.04. The summed E-state index contributed by atoms with van der Waals surface area (Å²) in [6, 6.07) is 11.5. The first-order valence-corrected chi connectivity index (χ1v) is 11.6. The number of nitrogens with one attached hydrogen (secondary N) is 1. The standard InChI is InChI=1S/C25H29N5O3/c1-17-6-9-26-22(12-17)33-16-19-13-23(31)30(15-19)14-18-7-10-29(11-8-18)25(32)24-20-4-2-3-5-21(20)27-28-24/h2-6,9,12,18-19H,7-8,10-11,13-16H2,1H3,(H,27,28). The number of hydrogen-bond donors (Lipinski definition) is 1. The number of H-pyrrole nitrogens is 1. The van der Waals surface area contributed by atoms with E-state index in [4.69, 9.17) is 4.74 Å². The van der Waals surface area contributed by atoms with Crippen molar-refractivity contribution >= 4 is 22.7 Å². The number of likely N-dealkylation sites (tertiary alicyclic amines) is 2. The summed E-state index contributed by atoms with van der Waals surface area (Å²) < 4.78 is 5.82. The van der Waals surface area contributed by atoms with Crippen LogP contribution in [-0.2, 0) is 4.79 Å². The lowest BCUT2D eigenvalue weighted by Crippen LogP contribution is -2.42. The van der Waals surface area contributed by atoms with E-state index in [1.54, 1.807) is 6.20 Å². The lowest BCUT2D eigenvalue weighted by atomic mass is 9.96. The Hall–Kier alpha value is -3.42. The van der Waals surface area contributed by atoms with Gasteiger partial charge in [-0.3, -0.25) is 14.7 Å². The zero-order valence-electron chi connectivity index (χ0n) is 18.9. The van der Waals surface area contributed by atoms with E-state index >= 15 is 0 Å². The molecule has 0 saturated carbocycles. The van der Waals surface area contributed by atoms with Crippen LogP contribution in [0.3, 0.4) is 0 Å². The Balaban J connectivity index is 1.10. The van der Waals surface area contributed by atoms with Gasteiger partial charge >= 0.3 is 0 Å². The predicted molar refractivity (Wildman–Crippen MR) is 124 cm³/mol. The molecule has 0 bridgehead atoms. The summed E-state index contributed by atoms with van der Waals surface area (Å²) in [7, 11) is 0. The van der Waals surface area contributed by atoms with Crippen molar-refractivity contribution in [1.29, 1.82) is 0 Å². The molecule has 2 aromatic heterocycles. The van der Waals surface area contributed by atoms with Crippen LogP contribution in [0.5, 0.6) is 5.88 Å². The van der Waals surface area contributed by atoms with Gasteiger partial charge < -0.3 is 14.5 Å². The molecule has 3 aromatic rings. The molecule has 0 spiro atoms. The summed E-state index contributed by atoms with van der Waals surface area (Å²) in [6.45, 7) is 5.37. The molecular formula is C25H29N5O3. The molecule has 33 heavy (non-hydrogen) atoms. The smallest absolute Gasteiger partial charge is 0.274 e. The first-order chi connectivity index (χ1) is 16.1. The Kier molecular flexibility index (Phi) is 5.98. The number of ether oxygens (including phenoxy) is 1. The van der Waals surface area contributed by atoms with E-state index in [1.807, 2.05) is 53.1 Å². The van der Waals surface area contributed by atoms with Gasteiger partial charge in [-0.1, -0.05) is 18.2 Å². The molecule has 4 heterocycles. The Morgan fingerprint density at radius 1 is 1.18 bits per heavy atom. The number of aromatic nitrogens is 3. The van der Waals surface area contributed by atoms with Gasteiger partial charge in [-0.25, -0.2) is 4.98 Å². The Morgan fingerprint density at radius 3 is 2.82 bits per heavy atom. The van der Waals surface area contributed by atoms with E-state index < -0.39 is 0 Å². The monoisotopic (exact) mass is 447 g/mol. The zero-order chi connectivity index (χ0) is 22.8. The largest absolute Gasteiger partial charge is 0.477 e. The Labute approximate surface area is 192 Å². The second-order valence-corrected chi connectivity index (χ2v) is 9.20. The molecule has 8 nitrogen and oxygen atoms in total. The number of amides is 2. The summed E-state index contributed by atoms with van der Waals surface area (Å²) in [5.74, 6) is 1.39. The van der Waals surface area contributed by atoms with Gasteiger partial charge in [-0.05, 0) is 43.4 Å². The van der Waals surface area contributed by atoms with E-state index in [0.717, 1.165) is 42.4 Å². The highest BCUT2D eigenvalue weighted by Gasteiger charge is 2.33. The number of aromatic amines is 1. The fourth-order valence-electron chi connectivity index (χ4n) is 4.84. The van der Waals surface area contributed by atoms with Crippen molar-refractivity contribution in [1.82, 2.24) is 25.0 Å². The van der Waals surface area contributed by atoms with Crippen LogP contribution in [0.2, 0.25) is 0 Å². The van der Waals surface area contributed by atoms with E-state index in [-0.39, 0.29) is 17.7 Å². The molecule has 2 fully saturated rings. The molecule has 8 heteroatoms. The third-order valence-corrected chi connectivity index (χ3v) is 6.71. The maximum absolute atomic E-state index is 13.0. The molecule has 0 aliphatic carbocycles. The van der Waals surface area contributed by atoms with Gasteiger partial charge in [-0.2, -0.15) is 5.10 Å². The molecule has 1 aromatic carbocycles. The Morgan fingerprint density at radius 2 is 2.00 bits per heavy atom. The van der Waals surface area contributed by atoms with Gasteiger partial charge in [0, 0.05) is 56.2 Å². The third-order valence-electron chi connectivity index (χ3n) is 6.71.